The number of anilines is 2. The minimum atomic E-state index is -3.41. The number of hydrogen-bond donors (Lipinski definition) is 2. The number of nitrogens with two attached hydrogens (primary N) is 1. The standard InChI is InChI=1S/C11H17N3O2S2/c1-3-5-6-14-11-10(18(15,16)4-2)9(13)8(7-12)17-11/h14H,3-6,13H2,1-2H3. The highest BCUT2D eigenvalue weighted by Gasteiger charge is 2.25. The summed E-state index contributed by atoms with van der Waals surface area (Å²) in [7, 11) is -3.41. The first-order chi connectivity index (χ1) is 8.47. The molecule has 1 rings (SSSR count). The Bertz CT molecular complexity index is 556. The summed E-state index contributed by atoms with van der Waals surface area (Å²) in [6.45, 7) is 4.29. The minimum Gasteiger partial charge on any atom is -0.396 e. The molecule has 0 amide bonds. The third-order valence-corrected chi connectivity index (χ3v) is 5.51. The highest BCUT2D eigenvalue weighted by Crippen LogP contribution is 2.39. The second-order valence-electron chi connectivity index (χ2n) is 3.80. The second kappa shape index (κ2) is 6.07. The van der Waals surface area contributed by atoms with Gasteiger partial charge >= 0.3 is 0 Å². The highest BCUT2D eigenvalue weighted by molar-refractivity contribution is 7.91. The van der Waals surface area contributed by atoms with E-state index in [9.17, 15) is 8.42 Å². The first kappa shape index (κ1) is 14.8. The maximum Gasteiger partial charge on any atom is 0.183 e. The van der Waals surface area contributed by atoms with E-state index in [1.54, 1.807) is 6.92 Å². The van der Waals surface area contributed by atoms with Crippen LogP contribution in [0.4, 0.5) is 10.7 Å². The van der Waals surface area contributed by atoms with E-state index < -0.39 is 9.84 Å². The SMILES string of the molecule is CCCCNc1sc(C#N)c(N)c1S(=O)(=O)CC. The van der Waals surface area contributed by atoms with Crippen molar-refractivity contribution in [1.82, 2.24) is 0 Å². The topological polar surface area (TPSA) is 96.0 Å². The lowest BCUT2D eigenvalue weighted by molar-refractivity contribution is 0.598. The molecule has 7 heteroatoms. The van der Waals surface area contributed by atoms with Gasteiger partial charge in [-0.1, -0.05) is 20.3 Å². The van der Waals surface area contributed by atoms with Gasteiger partial charge in [0.2, 0.25) is 0 Å². The Labute approximate surface area is 112 Å². The molecule has 18 heavy (non-hydrogen) atoms. The molecule has 5 nitrogen and oxygen atoms in total. The number of sulfone groups is 1. The van der Waals surface area contributed by atoms with Gasteiger partial charge in [-0.15, -0.1) is 11.3 Å². The molecule has 0 unspecified atom stereocenters. The van der Waals surface area contributed by atoms with Crippen molar-refractivity contribution >= 4 is 31.9 Å². The normalized spacial score (nSPS) is 11.2. The number of nitrogens with zero attached hydrogens (tertiary/aromatic N) is 1. The largest absolute Gasteiger partial charge is 0.396 e. The van der Waals surface area contributed by atoms with Gasteiger partial charge in [0.25, 0.3) is 0 Å². The van der Waals surface area contributed by atoms with Gasteiger partial charge < -0.3 is 11.1 Å². The summed E-state index contributed by atoms with van der Waals surface area (Å²) in [6, 6.07) is 1.93. The number of rotatable bonds is 6. The predicted octanol–water partition coefficient (Wildman–Crippen LogP) is 2.21. The van der Waals surface area contributed by atoms with E-state index in [1.165, 1.54) is 0 Å². The molecule has 0 fully saturated rings. The molecule has 0 bridgehead atoms. The molecular formula is C11H17N3O2S2. The first-order valence-corrected chi connectivity index (χ1v) is 8.23. The summed E-state index contributed by atoms with van der Waals surface area (Å²) in [5, 5.41) is 12.5. The quantitative estimate of drug-likeness (QED) is 0.782. The van der Waals surface area contributed by atoms with Crippen molar-refractivity contribution in [3.8, 4) is 6.07 Å². The molecule has 0 radical (unpaired) electrons. The fourth-order valence-corrected chi connectivity index (χ4v) is 3.95. The molecule has 100 valence electrons. The first-order valence-electron chi connectivity index (χ1n) is 5.76. The van der Waals surface area contributed by atoms with Crippen LogP contribution in [0.5, 0.6) is 0 Å². The van der Waals surface area contributed by atoms with Crippen molar-refractivity contribution in [2.24, 2.45) is 0 Å². The number of nitrogen functional groups attached to an aromatic ring is 1. The van der Waals surface area contributed by atoms with Crippen LogP contribution in [0.15, 0.2) is 4.90 Å². The molecule has 0 atom stereocenters. The Balaban J connectivity index is 3.21. The molecule has 0 saturated heterocycles. The molecule has 0 aliphatic rings. The number of unbranched alkanes of at least 4 members (excludes halogenated alkanes) is 1. The van der Waals surface area contributed by atoms with Crippen LogP contribution >= 0.6 is 11.3 Å². The van der Waals surface area contributed by atoms with E-state index >= 15 is 0 Å². The number of nitrogens with one attached hydrogen (secondary N) is 1. The Morgan fingerprint density at radius 2 is 2.11 bits per heavy atom. The van der Waals surface area contributed by atoms with Crippen LogP contribution in [-0.2, 0) is 9.84 Å². The van der Waals surface area contributed by atoms with E-state index in [-0.39, 0.29) is 21.2 Å². The molecule has 0 saturated carbocycles. The van der Waals surface area contributed by atoms with Crippen LogP contribution < -0.4 is 11.1 Å². The monoisotopic (exact) mass is 287 g/mol. The van der Waals surface area contributed by atoms with Crippen LogP contribution in [0.25, 0.3) is 0 Å². The molecule has 0 spiro atoms. The molecular weight excluding hydrogens is 270 g/mol. The lowest BCUT2D eigenvalue weighted by atomic mass is 10.3. The van der Waals surface area contributed by atoms with Crippen LogP contribution in [0.2, 0.25) is 0 Å². The molecule has 1 aromatic rings. The van der Waals surface area contributed by atoms with Crippen LogP contribution in [0.1, 0.15) is 31.6 Å². The smallest absolute Gasteiger partial charge is 0.183 e. The summed E-state index contributed by atoms with van der Waals surface area (Å²) in [5.74, 6) is -0.0265. The Morgan fingerprint density at radius 1 is 1.44 bits per heavy atom. The molecule has 0 aliphatic carbocycles. The second-order valence-corrected chi connectivity index (χ2v) is 7.03. The van der Waals surface area contributed by atoms with E-state index in [4.69, 9.17) is 11.0 Å². The van der Waals surface area contributed by atoms with Gasteiger partial charge in [-0.2, -0.15) is 5.26 Å². The van der Waals surface area contributed by atoms with Gasteiger partial charge in [0.05, 0.1) is 11.4 Å². The van der Waals surface area contributed by atoms with Gasteiger partial charge in [0.15, 0.2) is 9.84 Å². The Kier molecular flexibility index (Phi) is 4.99. The van der Waals surface area contributed by atoms with Gasteiger partial charge in [-0.25, -0.2) is 8.42 Å². The predicted molar refractivity (Wildman–Crippen MR) is 74.6 cm³/mol. The maximum atomic E-state index is 12.0. The average molecular weight is 287 g/mol. The van der Waals surface area contributed by atoms with Crippen molar-refractivity contribution in [2.45, 2.75) is 31.6 Å². The van der Waals surface area contributed by atoms with Gasteiger partial charge in [0.1, 0.15) is 20.8 Å². The summed E-state index contributed by atoms with van der Waals surface area (Å²) in [6.07, 6.45) is 1.94. The zero-order valence-corrected chi connectivity index (χ0v) is 12.1. The van der Waals surface area contributed by atoms with Crippen molar-refractivity contribution in [3.05, 3.63) is 4.88 Å². The van der Waals surface area contributed by atoms with E-state index in [1.807, 2.05) is 6.07 Å². The summed E-state index contributed by atoms with van der Waals surface area (Å²) < 4.78 is 24.0. The van der Waals surface area contributed by atoms with Gasteiger partial charge in [0, 0.05) is 6.54 Å². The molecule has 0 aliphatic heterocycles. The molecule has 1 aromatic heterocycles. The zero-order chi connectivity index (χ0) is 13.8. The van der Waals surface area contributed by atoms with Crippen molar-refractivity contribution in [3.63, 3.8) is 0 Å². The lowest BCUT2D eigenvalue weighted by Crippen LogP contribution is -2.09. The maximum absolute atomic E-state index is 12.0. The van der Waals surface area contributed by atoms with E-state index in [0.29, 0.717) is 11.5 Å². The van der Waals surface area contributed by atoms with Crippen molar-refractivity contribution in [1.29, 1.82) is 5.26 Å². The zero-order valence-electron chi connectivity index (χ0n) is 10.5. The number of nitriles is 1. The van der Waals surface area contributed by atoms with Gasteiger partial charge in [-0.3, -0.25) is 0 Å². The van der Waals surface area contributed by atoms with E-state index in [0.717, 1.165) is 24.2 Å². The third-order valence-electron chi connectivity index (χ3n) is 2.51. The lowest BCUT2D eigenvalue weighted by Gasteiger charge is -2.07. The van der Waals surface area contributed by atoms with Gasteiger partial charge in [-0.05, 0) is 6.42 Å². The number of hydrogen-bond acceptors (Lipinski definition) is 6. The fourth-order valence-electron chi connectivity index (χ4n) is 1.46. The molecule has 1 heterocycles. The van der Waals surface area contributed by atoms with Crippen molar-refractivity contribution < 1.29 is 8.42 Å². The van der Waals surface area contributed by atoms with Crippen molar-refractivity contribution in [2.75, 3.05) is 23.3 Å². The molecule has 3 N–H and O–H groups in total. The Morgan fingerprint density at radius 3 is 2.61 bits per heavy atom. The fraction of sp³-hybridized carbons (Fsp3) is 0.545. The highest BCUT2D eigenvalue weighted by atomic mass is 32.2. The summed E-state index contributed by atoms with van der Waals surface area (Å²) in [5.41, 5.74) is 5.82. The summed E-state index contributed by atoms with van der Waals surface area (Å²) >= 11 is 1.10. The molecule has 0 aromatic carbocycles. The van der Waals surface area contributed by atoms with Crippen LogP contribution in [-0.4, -0.2) is 20.7 Å². The Hall–Kier alpha value is -1.26. The average Bonchev–Trinajstić information content (AvgIpc) is 2.66. The number of thiophene rings is 1. The van der Waals surface area contributed by atoms with Crippen LogP contribution in [0, 0.1) is 11.3 Å². The summed E-state index contributed by atoms with van der Waals surface area (Å²) in [4.78, 5) is 0.337. The van der Waals surface area contributed by atoms with E-state index in [2.05, 4.69) is 12.2 Å². The minimum absolute atomic E-state index is 0.0265. The third kappa shape index (κ3) is 2.94. The van der Waals surface area contributed by atoms with Crippen LogP contribution in [0.3, 0.4) is 0 Å².